The third-order valence-electron chi connectivity index (χ3n) is 2.91. The molecule has 0 amide bonds. The van der Waals surface area contributed by atoms with Crippen molar-refractivity contribution in [3.05, 3.63) is 0 Å². The number of hydrogen-bond acceptors (Lipinski definition) is 6. The SMILES string of the molecule is COC(C)C(OC)(OC)C1CC(=O)OC1=O. The zero-order valence-corrected chi connectivity index (χ0v) is 9.81. The molecule has 1 heterocycles. The molecule has 0 aromatic heterocycles. The molecule has 0 aromatic carbocycles. The molecule has 6 nitrogen and oxygen atoms in total. The van der Waals surface area contributed by atoms with Gasteiger partial charge in [0.2, 0.25) is 5.79 Å². The molecule has 1 rings (SSSR count). The zero-order chi connectivity index (χ0) is 12.3. The Kier molecular flexibility index (Phi) is 4.01. The van der Waals surface area contributed by atoms with Crippen molar-refractivity contribution in [1.82, 2.24) is 0 Å². The number of cyclic esters (lactones) is 2. The van der Waals surface area contributed by atoms with E-state index in [4.69, 9.17) is 14.2 Å². The Balaban J connectivity index is 3.01. The van der Waals surface area contributed by atoms with Crippen LogP contribution in [0, 0.1) is 5.92 Å². The second kappa shape index (κ2) is 4.90. The van der Waals surface area contributed by atoms with Crippen molar-refractivity contribution in [3.8, 4) is 0 Å². The minimum absolute atomic E-state index is 0.0613. The molecule has 2 atom stereocenters. The van der Waals surface area contributed by atoms with Crippen LogP contribution in [-0.4, -0.2) is 45.2 Å². The van der Waals surface area contributed by atoms with E-state index in [1.54, 1.807) is 6.92 Å². The standard InChI is InChI=1S/C10H16O6/c1-6(13-2)10(14-3,15-4)7-5-8(11)16-9(7)12/h6-7H,5H2,1-4H3. The highest BCUT2D eigenvalue weighted by atomic mass is 16.7. The average molecular weight is 232 g/mol. The van der Waals surface area contributed by atoms with E-state index in [1.165, 1.54) is 21.3 Å². The summed E-state index contributed by atoms with van der Waals surface area (Å²) in [6.45, 7) is 1.70. The lowest BCUT2D eigenvalue weighted by Gasteiger charge is -2.37. The van der Waals surface area contributed by atoms with Crippen LogP contribution >= 0.6 is 0 Å². The molecule has 0 N–H and O–H groups in total. The van der Waals surface area contributed by atoms with Gasteiger partial charge in [-0.3, -0.25) is 9.59 Å². The first-order chi connectivity index (χ1) is 7.51. The minimum atomic E-state index is -1.29. The summed E-state index contributed by atoms with van der Waals surface area (Å²) >= 11 is 0. The first kappa shape index (κ1) is 13.1. The smallest absolute Gasteiger partial charge is 0.322 e. The van der Waals surface area contributed by atoms with E-state index in [-0.39, 0.29) is 6.42 Å². The Labute approximate surface area is 93.8 Å². The zero-order valence-electron chi connectivity index (χ0n) is 9.81. The normalized spacial score (nSPS) is 23.4. The average Bonchev–Trinajstić information content (AvgIpc) is 2.61. The van der Waals surface area contributed by atoms with E-state index in [1.807, 2.05) is 0 Å². The maximum atomic E-state index is 11.5. The van der Waals surface area contributed by atoms with Crippen LogP contribution in [0.5, 0.6) is 0 Å². The van der Waals surface area contributed by atoms with Gasteiger partial charge in [-0.2, -0.15) is 0 Å². The molecule has 0 bridgehead atoms. The Morgan fingerprint density at radius 2 is 1.88 bits per heavy atom. The monoisotopic (exact) mass is 232 g/mol. The number of ether oxygens (including phenoxy) is 4. The van der Waals surface area contributed by atoms with Crippen molar-refractivity contribution in [3.63, 3.8) is 0 Å². The maximum absolute atomic E-state index is 11.5. The van der Waals surface area contributed by atoms with Gasteiger partial charge in [-0.05, 0) is 6.92 Å². The van der Waals surface area contributed by atoms with Crippen LogP contribution in [0.15, 0.2) is 0 Å². The highest BCUT2D eigenvalue weighted by Gasteiger charge is 2.54. The van der Waals surface area contributed by atoms with E-state index in [0.717, 1.165) is 0 Å². The summed E-state index contributed by atoms with van der Waals surface area (Å²) in [5, 5.41) is 0. The molecule has 0 radical (unpaired) electrons. The first-order valence-corrected chi connectivity index (χ1v) is 4.89. The molecule has 1 fully saturated rings. The summed E-state index contributed by atoms with van der Waals surface area (Å²) < 4.78 is 20.1. The number of carbonyl (C=O) groups excluding carboxylic acids is 2. The molecule has 6 heteroatoms. The predicted molar refractivity (Wildman–Crippen MR) is 52.4 cm³/mol. The van der Waals surface area contributed by atoms with Gasteiger partial charge in [0.05, 0.1) is 6.42 Å². The molecule has 0 saturated carbocycles. The Hall–Kier alpha value is -0.980. The third-order valence-corrected chi connectivity index (χ3v) is 2.91. The highest BCUT2D eigenvalue weighted by molar-refractivity contribution is 5.95. The van der Waals surface area contributed by atoms with E-state index < -0.39 is 29.7 Å². The highest BCUT2D eigenvalue weighted by Crippen LogP contribution is 2.35. The fraction of sp³-hybridized carbons (Fsp3) is 0.800. The van der Waals surface area contributed by atoms with Crippen LogP contribution in [-0.2, 0) is 28.5 Å². The molecule has 1 aliphatic heterocycles. The number of hydrogen-bond donors (Lipinski definition) is 0. The van der Waals surface area contributed by atoms with Crippen molar-refractivity contribution >= 4 is 11.9 Å². The molecular formula is C10H16O6. The van der Waals surface area contributed by atoms with E-state index in [2.05, 4.69) is 4.74 Å². The van der Waals surface area contributed by atoms with Crippen molar-refractivity contribution in [2.75, 3.05) is 21.3 Å². The lowest BCUT2D eigenvalue weighted by atomic mass is 9.92. The van der Waals surface area contributed by atoms with Crippen LogP contribution < -0.4 is 0 Å². The van der Waals surface area contributed by atoms with Crippen molar-refractivity contribution in [2.45, 2.75) is 25.2 Å². The van der Waals surface area contributed by atoms with Crippen LogP contribution in [0.1, 0.15) is 13.3 Å². The number of esters is 2. The molecule has 0 aromatic rings. The Morgan fingerprint density at radius 3 is 2.19 bits per heavy atom. The third kappa shape index (κ3) is 1.95. The molecule has 0 aliphatic carbocycles. The van der Waals surface area contributed by atoms with Crippen LogP contribution in [0.3, 0.4) is 0 Å². The van der Waals surface area contributed by atoms with Gasteiger partial charge in [0.25, 0.3) is 0 Å². The largest absolute Gasteiger partial charge is 0.393 e. The summed E-state index contributed by atoms with van der Waals surface area (Å²) in [6.07, 6.45) is -0.570. The lowest BCUT2D eigenvalue weighted by molar-refractivity contribution is -0.283. The van der Waals surface area contributed by atoms with Crippen molar-refractivity contribution < 1.29 is 28.5 Å². The lowest BCUT2D eigenvalue weighted by Crippen LogP contribution is -2.53. The van der Waals surface area contributed by atoms with Gasteiger partial charge in [0.15, 0.2) is 0 Å². The van der Waals surface area contributed by atoms with E-state index in [0.29, 0.717) is 0 Å². The topological polar surface area (TPSA) is 71.1 Å². The fourth-order valence-corrected chi connectivity index (χ4v) is 1.93. The van der Waals surface area contributed by atoms with Gasteiger partial charge in [0, 0.05) is 21.3 Å². The van der Waals surface area contributed by atoms with Gasteiger partial charge in [-0.15, -0.1) is 0 Å². The second-order valence-corrected chi connectivity index (χ2v) is 3.56. The van der Waals surface area contributed by atoms with Crippen LogP contribution in [0.4, 0.5) is 0 Å². The molecule has 2 unspecified atom stereocenters. The molecule has 16 heavy (non-hydrogen) atoms. The van der Waals surface area contributed by atoms with Crippen LogP contribution in [0.25, 0.3) is 0 Å². The first-order valence-electron chi connectivity index (χ1n) is 4.89. The van der Waals surface area contributed by atoms with Crippen molar-refractivity contribution in [1.29, 1.82) is 0 Å². The summed E-state index contributed by atoms with van der Waals surface area (Å²) in [6, 6.07) is 0. The summed E-state index contributed by atoms with van der Waals surface area (Å²) in [7, 11) is 4.27. The van der Waals surface area contributed by atoms with Gasteiger partial charge < -0.3 is 18.9 Å². The van der Waals surface area contributed by atoms with Crippen LogP contribution in [0.2, 0.25) is 0 Å². The Bertz CT molecular complexity index is 283. The maximum Gasteiger partial charge on any atom is 0.322 e. The van der Waals surface area contributed by atoms with Gasteiger partial charge in [-0.25, -0.2) is 0 Å². The van der Waals surface area contributed by atoms with Gasteiger partial charge in [-0.1, -0.05) is 0 Å². The molecule has 1 saturated heterocycles. The quantitative estimate of drug-likeness (QED) is 0.380. The number of methoxy groups -OCH3 is 3. The fourth-order valence-electron chi connectivity index (χ4n) is 1.93. The Morgan fingerprint density at radius 1 is 1.31 bits per heavy atom. The van der Waals surface area contributed by atoms with Crippen molar-refractivity contribution in [2.24, 2.45) is 5.92 Å². The van der Waals surface area contributed by atoms with Gasteiger partial charge in [0.1, 0.15) is 12.0 Å². The second-order valence-electron chi connectivity index (χ2n) is 3.56. The van der Waals surface area contributed by atoms with E-state index in [9.17, 15) is 9.59 Å². The summed E-state index contributed by atoms with van der Waals surface area (Å²) in [5.74, 6) is -3.31. The van der Waals surface area contributed by atoms with E-state index >= 15 is 0 Å². The summed E-state index contributed by atoms with van der Waals surface area (Å²) in [4.78, 5) is 22.6. The summed E-state index contributed by atoms with van der Waals surface area (Å²) in [5.41, 5.74) is 0. The molecule has 1 aliphatic rings. The molecular weight excluding hydrogens is 216 g/mol. The number of rotatable bonds is 5. The predicted octanol–water partition coefficient (Wildman–Crippen LogP) is 0.100. The molecule has 92 valence electrons. The minimum Gasteiger partial charge on any atom is -0.393 e. The van der Waals surface area contributed by atoms with Gasteiger partial charge >= 0.3 is 11.9 Å². The number of carbonyl (C=O) groups is 2. The molecule has 0 spiro atoms.